The second-order valence-corrected chi connectivity index (χ2v) is 5.16. The van der Waals surface area contributed by atoms with Crippen LogP contribution in [-0.2, 0) is 4.32 Å². The van der Waals surface area contributed by atoms with Crippen LogP contribution in [0.3, 0.4) is 0 Å². The van der Waals surface area contributed by atoms with Crippen LogP contribution >= 0.6 is 27.5 Å². The first-order valence-electron chi connectivity index (χ1n) is 4.51. The van der Waals surface area contributed by atoms with E-state index in [1.807, 2.05) is 24.3 Å². The van der Waals surface area contributed by atoms with E-state index in [1.54, 1.807) is 0 Å². The van der Waals surface area contributed by atoms with Gasteiger partial charge in [-0.2, -0.15) is 0 Å². The maximum absolute atomic E-state index is 6.16. The molecule has 0 N–H and O–H groups in total. The van der Waals surface area contributed by atoms with Crippen LogP contribution in [0.15, 0.2) is 48.6 Å². The van der Waals surface area contributed by atoms with Crippen molar-refractivity contribution in [3.05, 3.63) is 59.2 Å². The molecule has 1 aliphatic rings. The number of benzene rings is 1. The molecule has 0 spiro atoms. The van der Waals surface area contributed by atoms with Crippen LogP contribution in [0.4, 0.5) is 0 Å². The highest BCUT2D eigenvalue weighted by atomic mass is 79.9. The first kappa shape index (κ1) is 10.0. The average Bonchev–Trinajstić information content (AvgIpc) is 2.19. The Morgan fingerprint density at radius 2 is 2.00 bits per heavy atom. The summed E-state index contributed by atoms with van der Waals surface area (Å²) < 4.78 is -0.125. The largest absolute Gasteiger partial charge is 0.0840 e. The number of rotatable bonds is 1. The van der Waals surface area contributed by atoms with Crippen molar-refractivity contribution < 1.29 is 0 Å². The SMILES string of the molecule is Clc1ccccc1C1(Br)C=CC=CC1. The van der Waals surface area contributed by atoms with Gasteiger partial charge in [0.1, 0.15) is 0 Å². The minimum absolute atomic E-state index is 0.125. The van der Waals surface area contributed by atoms with Gasteiger partial charge in [0.15, 0.2) is 0 Å². The van der Waals surface area contributed by atoms with Gasteiger partial charge in [0.2, 0.25) is 0 Å². The third kappa shape index (κ3) is 1.79. The zero-order chi connectivity index (χ0) is 10.0. The molecule has 0 radical (unpaired) electrons. The molecule has 0 saturated carbocycles. The third-order valence-electron chi connectivity index (χ3n) is 2.34. The van der Waals surface area contributed by atoms with E-state index >= 15 is 0 Å². The molecule has 14 heavy (non-hydrogen) atoms. The van der Waals surface area contributed by atoms with Crippen molar-refractivity contribution in [1.29, 1.82) is 0 Å². The number of allylic oxidation sites excluding steroid dienone is 4. The second-order valence-electron chi connectivity index (χ2n) is 3.33. The molecule has 0 heterocycles. The molecule has 72 valence electrons. The van der Waals surface area contributed by atoms with Crippen LogP contribution in [-0.4, -0.2) is 0 Å². The molecule has 1 unspecified atom stereocenters. The van der Waals surface area contributed by atoms with Gasteiger partial charge >= 0.3 is 0 Å². The van der Waals surface area contributed by atoms with Gasteiger partial charge in [-0.15, -0.1) is 0 Å². The van der Waals surface area contributed by atoms with Gasteiger partial charge in [0.05, 0.1) is 4.32 Å². The molecular weight excluding hydrogens is 259 g/mol. The van der Waals surface area contributed by atoms with Gasteiger partial charge in [0.25, 0.3) is 0 Å². The predicted molar refractivity (Wildman–Crippen MR) is 65.0 cm³/mol. The lowest BCUT2D eigenvalue weighted by Crippen LogP contribution is -2.15. The lowest BCUT2D eigenvalue weighted by Gasteiger charge is -2.25. The van der Waals surface area contributed by atoms with Crippen LogP contribution in [0, 0.1) is 0 Å². The van der Waals surface area contributed by atoms with E-state index in [0.29, 0.717) is 0 Å². The van der Waals surface area contributed by atoms with E-state index in [9.17, 15) is 0 Å². The van der Waals surface area contributed by atoms with Gasteiger partial charge < -0.3 is 0 Å². The number of hydrogen-bond acceptors (Lipinski definition) is 0. The topological polar surface area (TPSA) is 0 Å². The summed E-state index contributed by atoms with van der Waals surface area (Å²) in [7, 11) is 0. The van der Waals surface area contributed by atoms with E-state index in [0.717, 1.165) is 17.0 Å². The quantitative estimate of drug-likeness (QED) is 0.661. The van der Waals surface area contributed by atoms with Crippen LogP contribution in [0.25, 0.3) is 0 Å². The van der Waals surface area contributed by atoms with Crippen LogP contribution in [0.1, 0.15) is 12.0 Å². The highest BCUT2D eigenvalue weighted by molar-refractivity contribution is 9.09. The summed E-state index contributed by atoms with van der Waals surface area (Å²) in [4.78, 5) is 0. The number of halogens is 2. The Hall–Kier alpha value is -0.530. The van der Waals surface area contributed by atoms with E-state index in [4.69, 9.17) is 11.6 Å². The minimum Gasteiger partial charge on any atom is -0.0840 e. The highest BCUT2D eigenvalue weighted by Gasteiger charge is 2.27. The van der Waals surface area contributed by atoms with Gasteiger partial charge in [-0.3, -0.25) is 0 Å². The molecule has 2 heteroatoms. The Balaban J connectivity index is 2.44. The molecule has 0 bridgehead atoms. The monoisotopic (exact) mass is 268 g/mol. The predicted octanol–water partition coefficient (Wildman–Crippen LogP) is 4.45. The fraction of sp³-hybridized carbons (Fsp3) is 0.167. The Morgan fingerprint density at radius 1 is 1.21 bits per heavy atom. The number of alkyl halides is 1. The molecule has 0 nitrogen and oxygen atoms in total. The van der Waals surface area contributed by atoms with Crippen molar-refractivity contribution >= 4 is 27.5 Å². The summed E-state index contributed by atoms with van der Waals surface area (Å²) >= 11 is 9.89. The normalized spacial score (nSPS) is 25.3. The summed E-state index contributed by atoms with van der Waals surface area (Å²) in [5, 5.41) is 0.810. The first-order valence-corrected chi connectivity index (χ1v) is 5.68. The molecule has 0 aliphatic heterocycles. The smallest absolute Gasteiger partial charge is 0.0737 e. The zero-order valence-electron chi connectivity index (χ0n) is 7.58. The summed E-state index contributed by atoms with van der Waals surface area (Å²) in [6.45, 7) is 0. The van der Waals surface area contributed by atoms with Crippen molar-refractivity contribution in [2.75, 3.05) is 0 Å². The zero-order valence-corrected chi connectivity index (χ0v) is 9.92. The Labute approximate surface area is 97.4 Å². The van der Waals surface area contributed by atoms with E-state index < -0.39 is 0 Å². The summed E-state index contributed by atoms with van der Waals surface area (Å²) in [6.07, 6.45) is 9.30. The van der Waals surface area contributed by atoms with Crippen LogP contribution in [0.2, 0.25) is 5.02 Å². The van der Waals surface area contributed by atoms with Crippen LogP contribution < -0.4 is 0 Å². The first-order chi connectivity index (χ1) is 6.72. The van der Waals surface area contributed by atoms with Crippen LogP contribution in [0.5, 0.6) is 0 Å². The third-order valence-corrected chi connectivity index (χ3v) is 3.69. The Morgan fingerprint density at radius 3 is 2.64 bits per heavy atom. The molecule has 1 aromatic carbocycles. The second kappa shape index (κ2) is 3.92. The fourth-order valence-corrected chi connectivity index (χ4v) is 2.70. The van der Waals surface area contributed by atoms with Gasteiger partial charge in [-0.1, -0.05) is 70.0 Å². The summed E-state index contributed by atoms with van der Waals surface area (Å²) in [6, 6.07) is 7.94. The average molecular weight is 270 g/mol. The van der Waals surface area contributed by atoms with Crippen molar-refractivity contribution in [3.63, 3.8) is 0 Å². The summed E-state index contributed by atoms with van der Waals surface area (Å²) in [5.74, 6) is 0. The lowest BCUT2D eigenvalue weighted by molar-refractivity contribution is 0.797. The van der Waals surface area contributed by atoms with Gasteiger partial charge in [-0.05, 0) is 18.1 Å². The standard InChI is InChI=1S/C12H10BrCl/c13-12(8-4-1-5-9-12)10-6-2-3-7-11(10)14/h1-8H,9H2. The maximum Gasteiger partial charge on any atom is 0.0737 e. The van der Waals surface area contributed by atoms with E-state index in [1.165, 1.54) is 0 Å². The Kier molecular flexibility index (Phi) is 2.80. The molecule has 1 aromatic rings. The van der Waals surface area contributed by atoms with Crippen molar-refractivity contribution in [2.24, 2.45) is 0 Å². The highest BCUT2D eigenvalue weighted by Crippen LogP contribution is 2.41. The molecule has 1 atom stereocenters. The lowest BCUT2D eigenvalue weighted by atomic mass is 9.92. The molecule has 0 aromatic heterocycles. The molecule has 2 rings (SSSR count). The van der Waals surface area contributed by atoms with Gasteiger partial charge in [0, 0.05) is 5.02 Å². The van der Waals surface area contributed by atoms with Crippen molar-refractivity contribution in [3.8, 4) is 0 Å². The molecule has 0 saturated heterocycles. The number of hydrogen-bond donors (Lipinski definition) is 0. The maximum atomic E-state index is 6.16. The van der Waals surface area contributed by atoms with E-state index in [-0.39, 0.29) is 4.32 Å². The molecule has 1 aliphatic carbocycles. The summed E-state index contributed by atoms with van der Waals surface area (Å²) in [5.41, 5.74) is 1.13. The minimum atomic E-state index is -0.125. The molecular formula is C12H10BrCl. The molecule has 0 fully saturated rings. The molecule has 0 amide bonds. The fourth-order valence-electron chi connectivity index (χ4n) is 1.59. The van der Waals surface area contributed by atoms with Gasteiger partial charge in [-0.25, -0.2) is 0 Å². The Bertz CT molecular complexity index is 395. The van der Waals surface area contributed by atoms with E-state index in [2.05, 4.69) is 40.2 Å². The van der Waals surface area contributed by atoms with Crippen molar-refractivity contribution in [2.45, 2.75) is 10.7 Å². The van der Waals surface area contributed by atoms with Crippen molar-refractivity contribution in [1.82, 2.24) is 0 Å².